The van der Waals surface area contributed by atoms with Crippen molar-refractivity contribution in [3.63, 3.8) is 0 Å². The number of nitriles is 1. The molecule has 0 N–H and O–H groups in total. The third-order valence-corrected chi connectivity index (χ3v) is 16.0. The Bertz CT molecular complexity index is 5660. The number of para-hydroxylation sites is 5. The van der Waals surface area contributed by atoms with Gasteiger partial charge in [0.05, 0.1) is 83.6 Å². The van der Waals surface area contributed by atoms with Crippen LogP contribution in [0.5, 0.6) is 0 Å². The highest BCUT2D eigenvalue weighted by molar-refractivity contribution is 6.18. The van der Waals surface area contributed by atoms with E-state index < -0.39 is 34.3 Å². The fraction of sp³-hybridized carbons (Fsp3) is 0.0694. The zero-order valence-corrected chi connectivity index (χ0v) is 41.4. The second-order valence-electron chi connectivity index (χ2n) is 20.2. The summed E-state index contributed by atoms with van der Waals surface area (Å²) in [7, 11) is 0. The third-order valence-electron chi connectivity index (χ3n) is 16.0. The zero-order valence-electron chi connectivity index (χ0n) is 56.4. The number of rotatable bonds is 5. The summed E-state index contributed by atoms with van der Waals surface area (Å²) in [4.78, 5) is 0. The minimum Gasteiger partial charge on any atom is -0.306 e. The van der Waals surface area contributed by atoms with Crippen molar-refractivity contribution in [3.8, 4) is 34.5 Å². The number of hydrogen-bond acceptors (Lipinski definition) is 1. The van der Waals surface area contributed by atoms with Crippen molar-refractivity contribution >= 4 is 109 Å². The van der Waals surface area contributed by atoms with Crippen LogP contribution < -0.4 is 0 Å². The van der Waals surface area contributed by atoms with Crippen LogP contribution in [0.2, 0.25) is 0 Å². The maximum atomic E-state index is 13.2. The largest absolute Gasteiger partial charge is 0.306 e. The molecule has 6 nitrogen and oxygen atoms in total. The van der Waals surface area contributed by atoms with E-state index in [1.54, 1.807) is 91.0 Å². The lowest BCUT2D eigenvalue weighted by Gasteiger charge is -2.30. The molecule has 6 heteroatoms. The van der Waals surface area contributed by atoms with Gasteiger partial charge in [0.2, 0.25) is 0 Å². The van der Waals surface area contributed by atoms with E-state index in [1.807, 2.05) is 130 Å². The van der Waals surface area contributed by atoms with Gasteiger partial charge in [-0.05, 0) is 125 Å². The van der Waals surface area contributed by atoms with Gasteiger partial charge in [-0.1, -0.05) is 149 Å². The molecule has 11 aromatic carbocycles. The Morgan fingerprint density at radius 3 is 0.692 bits per heavy atom. The molecule has 0 saturated carbocycles. The third kappa shape index (κ3) is 5.96. The van der Waals surface area contributed by atoms with Crippen LogP contribution in [0.25, 0.3) is 137 Å². The first-order valence-corrected chi connectivity index (χ1v) is 25.7. The fourth-order valence-electron chi connectivity index (χ4n) is 12.9. The molecule has 16 rings (SSSR count). The zero-order chi connectivity index (χ0) is 64.7. The summed E-state index contributed by atoms with van der Waals surface area (Å²) in [5, 5.41) is 19.3. The van der Waals surface area contributed by atoms with Crippen LogP contribution in [0.1, 0.15) is 53.9 Å². The highest BCUT2D eigenvalue weighted by Gasteiger charge is 2.36. The van der Waals surface area contributed by atoms with Crippen molar-refractivity contribution in [2.45, 2.75) is 34.3 Å². The van der Waals surface area contributed by atoms with Gasteiger partial charge in [0, 0.05) is 74.4 Å². The summed E-state index contributed by atoms with van der Waals surface area (Å²) >= 11 is 0. The number of aryl methyl sites for hydroxylation is 5. The molecular formula is C72H50N6. The molecule has 0 fully saturated rings. The molecule has 0 bridgehead atoms. The van der Waals surface area contributed by atoms with Gasteiger partial charge in [-0.2, -0.15) is 5.26 Å². The first-order valence-electron chi connectivity index (χ1n) is 33.2. The number of hydrogen-bond donors (Lipinski definition) is 0. The molecule has 368 valence electrons. The molecule has 5 aromatic heterocycles. The molecule has 0 aliphatic rings. The smallest absolute Gasteiger partial charge is 0.105 e. The van der Waals surface area contributed by atoms with Crippen molar-refractivity contribution in [1.29, 1.82) is 5.26 Å². The first-order chi connectivity index (χ1) is 44.3. The second-order valence-corrected chi connectivity index (χ2v) is 20.2. The summed E-state index contributed by atoms with van der Waals surface area (Å²) < 4.78 is 141. The lowest BCUT2D eigenvalue weighted by Crippen LogP contribution is -2.18. The predicted molar refractivity (Wildman–Crippen MR) is 327 cm³/mol. The van der Waals surface area contributed by atoms with Crippen LogP contribution in [-0.4, -0.2) is 22.8 Å². The Hall–Kier alpha value is -10.1. The maximum Gasteiger partial charge on any atom is 0.105 e. The van der Waals surface area contributed by atoms with Crippen LogP contribution >= 0.6 is 0 Å². The van der Waals surface area contributed by atoms with E-state index in [9.17, 15) is 5.26 Å². The van der Waals surface area contributed by atoms with Gasteiger partial charge in [-0.15, -0.1) is 0 Å². The normalized spacial score (nSPS) is 15.8. The molecule has 0 unspecified atom stereocenters. The molecule has 0 radical (unpaired) electrons. The highest BCUT2D eigenvalue weighted by atomic mass is 15.2. The van der Waals surface area contributed by atoms with E-state index in [0.29, 0.717) is 126 Å². The first kappa shape index (κ1) is 31.7. The van der Waals surface area contributed by atoms with E-state index in [4.69, 9.17) is 20.6 Å². The molecule has 0 amide bonds. The lowest BCUT2D eigenvalue weighted by molar-refractivity contribution is 0.992. The predicted octanol–water partition coefficient (Wildman–Crippen LogP) is 18.6. The Labute approximate surface area is 470 Å². The summed E-state index contributed by atoms with van der Waals surface area (Å²) in [5.41, 5.74) is 7.73. The van der Waals surface area contributed by atoms with Crippen LogP contribution in [-0.2, 0) is 0 Å². The quantitative estimate of drug-likeness (QED) is 0.169. The highest BCUT2D eigenvalue weighted by Crippen LogP contribution is 2.52. The molecule has 0 saturated heterocycles. The van der Waals surface area contributed by atoms with Gasteiger partial charge in [-0.3, -0.25) is 0 Å². The molecule has 0 spiro atoms. The Kier molecular flexibility index (Phi) is 6.59. The average Bonchev–Trinajstić information content (AvgIpc) is 1.56. The van der Waals surface area contributed by atoms with Gasteiger partial charge in [0.25, 0.3) is 0 Å². The van der Waals surface area contributed by atoms with Gasteiger partial charge in [0.1, 0.15) is 11.6 Å². The van der Waals surface area contributed by atoms with Crippen molar-refractivity contribution in [1.82, 2.24) is 22.8 Å². The van der Waals surface area contributed by atoms with Gasteiger partial charge < -0.3 is 22.8 Å². The van der Waals surface area contributed by atoms with Crippen molar-refractivity contribution in [2.24, 2.45) is 0 Å². The molecular weight excluding hydrogens is 949 g/mol. The molecule has 0 aliphatic carbocycles. The molecule has 5 heterocycles. The molecule has 78 heavy (non-hydrogen) atoms. The minimum absolute atomic E-state index is 0.0643. The van der Waals surface area contributed by atoms with Gasteiger partial charge in [-0.25, -0.2) is 0 Å². The fourth-order valence-corrected chi connectivity index (χ4v) is 12.9. The van der Waals surface area contributed by atoms with Crippen LogP contribution in [0.3, 0.4) is 0 Å². The molecule has 16 aromatic rings. The second kappa shape index (κ2) is 16.2. The number of fused-ring (bicyclic) bond motifs is 15. The van der Waals surface area contributed by atoms with Gasteiger partial charge >= 0.3 is 0 Å². The van der Waals surface area contributed by atoms with E-state index >= 15 is 0 Å². The summed E-state index contributed by atoms with van der Waals surface area (Å²) in [6, 6.07) is 66.0. The van der Waals surface area contributed by atoms with E-state index in [-0.39, 0.29) is 44.8 Å². The average molecular weight is 1010 g/mol. The summed E-state index contributed by atoms with van der Waals surface area (Å²) in [6.45, 7) is -12.7. The van der Waals surface area contributed by atoms with Crippen molar-refractivity contribution in [2.75, 3.05) is 0 Å². The van der Waals surface area contributed by atoms with Gasteiger partial charge in [0.15, 0.2) is 0 Å². The van der Waals surface area contributed by atoms with E-state index in [2.05, 4.69) is 19.8 Å². The van der Waals surface area contributed by atoms with Crippen molar-refractivity contribution in [3.05, 3.63) is 246 Å². The van der Waals surface area contributed by atoms with Crippen LogP contribution in [0, 0.1) is 45.6 Å². The number of aromatic nitrogens is 5. The molecule has 0 atom stereocenters. The monoisotopic (exact) mass is 1010 g/mol. The Balaban J connectivity index is 1.29. The summed E-state index contributed by atoms with van der Waals surface area (Å²) in [5.74, 6) is 0. The Morgan fingerprint density at radius 1 is 0.256 bits per heavy atom. The summed E-state index contributed by atoms with van der Waals surface area (Å²) in [6.07, 6.45) is 0. The number of nitrogens with zero attached hydrogens (tertiary/aromatic N) is 6. The van der Waals surface area contributed by atoms with E-state index in [0.717, 1.165) is 0 Å². The van der Waals surface area contributed by atoms with E-state index in [1.165, 1.54) is 0 Å². The number of benzene rings is 11. The van der Waals surface area contributed by atoms with Crippen molar-refractivity contribution < 1.29 is 20.6 Å². The van der Waals surface area contributed by atoms with Crippen LogP contribution in [0.15, 0.2) is 212 Å². The lowest BCUT2D eigenvalue weighted by atomic mass is 10.0. The SMILES string of the molecule is [2H]C([2H])([2H])c1ccc2c(c1)c1ccccc1n2-c1c(C#N)c(-n2c3ccccc3c3cc(C([2H])([2H])[2H])ccc32)c(-n2c3ccccc3c3cc(C([2H])([2H])[2H])ccc32)c(-n2c3ccccc3c3cc(C([2H])([2H])[2H])ccc32)c1-n1c2ccccc2c2cc(C([2H])([2H])[2H])ccc21. The Morgan fingerprint density at radius 2 is 0.462 bits per heavy atom. The molecule has 0 aliphatic heterocycles. The minimum atomic E-state index is -2.54. The van der Waals surface area contributed by atoms with Crippen LogP contribution in [0.4, 0.5) is 0 Å². The standard InChI is InChI=1S/C72H50N6/c1-42-26-31-63-52(36-42)47-16-6-11-21-58(47)74(63)68-57(41-73)69(75-59-22-12-7-17-48(59)53-37-43(2)27-32-64(53)75)71(77-61-24-14-9-19-50(61)55-39-45(4)29-34-66(55)77)72(78-62-25-15-10-20-51(62)56-40-46(5)30-35-67(56)78)70(68)76-60-23-13-8-18-49(60)54-38-44(3)28-33-65(54)76/h6-40H,1-5H3/i1D3,2D3,3D3,4D3,5D3. The maximum absolute atomic E-state index is 13.2. The topological polar surface area (TPSA) is 48.4 Å².